The van der Waals surface area contributed by atoms with E-state index in [9.17, 15) is 4.79 Å². The maximum atomic E-state index is 12.0. The number of nitrogens with zero attached hydrogens (tertiary/aromatic N) is 3. The van der Waals surface area contributed by atoms with Crippen LogP contribution in [0.2, 0.25) is 0 Å². The van der Waals surface area contributed by atoms with Gasteiger partial charge in [-0.2, -0.15) is 0 Å². The topological polar surface area (TPSA) is 83.6 Å². The van der Waals surface area contributed by atoms with Gasteiger partial charge in [0, 0.05) is 11.4 Å². The lowest BCUT2D eigenvalue weighted by Gasteiger charge is -2.06. The lowest BCUT2D eigenvalue weighted by molar-refractivity contribution is 0.922. The second-order valence-electron chi connectivity index (χ2n) is 4.86. The van der Waals surface area contributed by atoms with Crippen molar-refractivity contribution in [1.29, 1.82) is 0 Å². The van der Waals surface area contributed by atoms with Gasteiger partial charge in [0.1, 0.15) is 5.82 Å². The van der Waals surface area contributed by atoms with E-state index < -0.39 is 0 Å². The molecule has 0 atom stereocenters. The highest BCUT2D eigenvalue weighted by atomic mass is 16.1. The van der Waals surface area contributed by atoms with Crippen LogP contribution in [-0.2, 0) is 6.54 Å². The molecule has 0 unspecified atom stereocenters. The maximum Gasteiger partial charge on any atom is 0.258 e. The predicted octanol–water partition coefficient (Wildman–Crippen LogP) is 1.94. The van der Waals surface area contributed by atoms with E-state index in [-0.39, 0.29) is 5.56 Å². The molecular weight excluding hydrogens is 266 g/mol. The third-order valence-electron chi connectivity index (χ3n) is 3.06. The molecule has 21 heavy (non-hydrogen) atoms. The van der Waals surface area contributed by atoms with Crippen LogP contribution in [0, 0.1) is 13.8 Å². The van der Waals surface area contributed by atoms with Crippen LogP contribution in [0.4, 0.5) is 5.95 Å². The first-order valence-electron chi connectivity index (χ1n) is 6.66. The summed E-state index contributed by atoms with van der Waals surface area (Å²) >= 11 is 0. The number of benzene rings is 1. The number of hydrogen-bond donors (Lipinski definition) is 2. The summed E-state index contributed by atoms with van der Waals surface area (Å²) in [6.07, 6.45) is 0. The van der Waals surface area contributed by atoms with Crippen molar-refractivity contribution in [3.63, 3.8) is 0 Å². The first kappa shape index (κ1) is 13.2. The van der Waals surface area contributed by atoms with Crippen molar-refractivity contribution in [2.75, 3.05) is 5.32 Å². The van der Waals surface area contributed by atoms with Crippen LogP contribution in [-0.4, -0.2) is 19.9 Å². The second kappa shape index (κ2) is 5.32. The standard InChI is InChI=1S/C15H15N5O/c1-9-7-10(2)18-15(17-9)16-8-13-19-12-6-4-3-5-11(12)14(21)20-13/h3-7H,8H2,1-2H3,(H,16,17,18)(H,19,20,21). The molecular formula is C15H15N5O. The molecule has 0 fully saturated rings. The molecule has 6 nitrogen and oxygen atoms in total. The monoisotopic (exact) mass is 281 g/mol. The Balaban J connectivity index is 1.86. The van der Waals surface area contributed by atoms with Crippen LogP contribution in [0.3, 0.4) is 0 Å². The van der Waals surface area contributed by atoms with Gasteiger partial charge in [-0.1, -0.05) is 12.1 Å². The van der Waals surface area contributed by atoms with Crippen LogP contribution < -0.4 is 10.9 Å². The van der Waals surface area contributed by atoms with Crippen LogP contribution >= 0.6 is 0 Å². The van der Waals surface area contributed by atoms with E-state index in [2.05, 4.69) is 25.3 Å². The van der Waals surface area contributed by atoms with E-state index in [1.165, 1.54) is 0 Å². The van der Waals surface area contributed by atoms with Crippen molar-refractivity contribution in [3.05, 3.63) is 57.9 Å². The minimum Gasteiger partial charge on any atom is -0.347 e. The average molecular weight is 281 g/mol. The second-order valence-corrected chi connectivity index (χ2v) is 4.86. The molecule has 2 aromatic heterocycles. The number of hydrogen-bond acceptors (Lipinski definition) is 5. The Hall–Kier alpha value is -2.76. The highest BCUT2D eigenvalue weighted by Crippen LogP contribution is 2.07. The molecule has 106 valence electrons. The lowest BCUT2D eigenvalue weighted by atomic mass is 10.2. The Morgan fingerprint density at radius 2 is 1.81 bits per heavy atom. The fraction of sp³-hybridized carbons (Fsp3) is 0.200. The SMILES string of the molecule is Cc1cc(C)nc(NCc2nc3ccccc3c(=O)[nH]2)n1. The van der Waals surface area contributed by atoms with Gasteiger partial charge in [-0.25, -0.2) is 15.0 Å². The van der Waals surface area contributed by atoms with Gasteiger partial charge in [-0.15, -0.1) is 0 Å². The number of nitrogens with one attached hydrogen (secondary N) is 2. The number of H-pyrrole nitrogens is 1. The summed E-state index contributed by atoms with van der Waals surface area (Å²) in [4.78, 5) is 27.7. The van der Waals surface area contributed by atoms with Crippen molar-refractivity contribution in [2.24, 2.45) is 0 Å². The first-order chi connectivity index (χ1) is 10.1. The molecule has 0 aliphatic rings. The van der Waals surface area contributed by atoms with E-state index >= 15 is 0 Å². The molecule has 0 amide bonds. The van der Waals surface area contributed by atoms with Gasteiger partial charge in [0.05, 0.1) is 17.4 Å². The van der Waals surface area contributed by atoms with Crippen molar-refractivity contribution >= 4 is 16.9 Å². The number of rotatable bonds is 3. The van der Waals surface area contributed by atoms with E-state index in [0.717, 1.165) is 11.4 Å². The molecule has 0 aliphatic carbocycles. The normalized spacial score (nSPS) is 10.8. The molecule has 2 N–H and O–H groups in total. The minimum absolute atomic E-state index is 0.140. The smallest absolute Gasteiger partial charge is 0.258 e. The van der Waals surface area contributed by atoms with Gasteiger partial charge in [-0.3, -0.25) is 4.79 Å². The van der Waals surface area contributed by atoms with E-state index in [0.29, 0.717) is 29.2 Å². The van der Waals surface area contributed by atoms with Gasteiger partial charge >= 0.3 is 0 Å². The first-order valence-corrected chi connectivity index (χ1v) is 6.66. The molecule has 0 aliphatic heterocycles. The zero-order chi connectivity index (χ0) is 14.8. The van der Waals surface area contributed by atoms with Gasteiger partial charge < -0.3 is 10.3 Å². The predicted molar refractivity (Wildman–Crippen MR) is 81.2 cm³/mol. The van der Waals surface area contributed by atoms with Crippen LogP contribution in [0.5, 0.6) is 0 Å². The summed E-state index contributed by atoms with van der Waals surface area (Å²) in [5.74, 6) is 1.09. The molecule has 0 radical (unpaired) electrons. The zero-order valence-corrected chi connectivity index (χ0v) is 11.8. The van der Waals surface area contributed by atoms with Crippen molar-refractivity contribution in [1.82, 2.24) is 19.9 Å². The highest BCUT2D eigenvalue weighted by molar-refractivity contribution is 5.77. The summed E-state index contributed by atoms with van der Waals surface area (Å²) in [6.45, 7) is 4.19. The molecule has 0 saturated heterocycles. The van der Waals surface area contributed by atoms with E-state index in [1.54, 1.807) is 6.07 Å². The summed E-state index contributed by atoms with van der Waals surface area (Å²) < 4.78 is 0. The molecule has 0 bridgehead atoms. The van der Waals surface area contributed by atoms with Crippen LogP contribution in [0.25, 0.3) is 10.9 Å². The third kappa shape index (κ3) is 2.89. The van der Waals surface area contributed by atoms with Crippen molar-refractivity contribution in [2.45, 2.75) is 20.4 Å². The molecule has 2 heterocycles. The molecule has 6 heteroatoms. The molecule has 0 saturated carbocycles. The van der Waals surface area contributed by atoms with Gasteiger partial charge in [-0.05, 0) is 32.0 Å². The number of aromatic amines is 1. The fourth-order valence-corrected chi connectivity index (χ4v) is 2.19. The zero-order valence-electron chi connectivity index (χ0n) is 11.8. The van der Waals surface area contributed by atoms with E-state index in [1.807, 2.05) is 38.1 Å². The maximum absolute atomic E-state index is 12.0. The summed E-state index contributed by atoms with van der Waals surface area (Å²) in [6, 6.07) is 9.16. The molecule has 0 spiro atoms. The molecule has 3 rings (SSSR count). The minimum atomic E-state index is -0.140. The quantitative estimate of drug-likeness (QED) is 0.766. The lowest BCUT2D eigenvalue weighted by Crippen LogP contribution is -2.15. The molecule has 1 aromatic carbocycles. The van der Waals surface area contributed by atoms with E-state index in [4.69, 9.17) is 0 Å². The van der Waals surface area contributed by atoms with Gasteiger partial charge in [0.2, 0.25) is 5.95 Å². The average Bonchev–Trinajstić information content (AvgIpc) is 2.44. The fourth-order valence-electron chi connectivity index (χ4n) is 2.19. The van der Waals surface area contributed by atoms with Gasteiger partial charge in [0.25, 0.3) is 5.56 Å². The van der Waals surface area contributed by atoms with Gasteiger partial charge in [0.15, 0.2) is 0 Å². The highest BCUT2D eigenvalue weighted by Gasteiger charge is 2.04. The summed E-state index contributed by atoms with van der Waals surface area (Å²) in [5.41, 5.74) is 2.33. The Morgan fingerprint density at radius 3 is 2.57 bits per heavy atom. The summed E-state index contributed by atoms with van der Waals surface area (Å²) in [5, 5.41) is 3.67. The molecule has 3 aromatic rings. The Bertz CT molecular complexity index is 836. The van der Waals surface area contributed by atoms with Crippen LogP contribution in [0.15, 0.2) is 35.1 Å². The van der Waals surface area contributed by atoms with Crippen molar-refractivity contribution in [3.8, 4) is 0 Å². The Morgan fingerprint density at radius 1 is 1.10 bits per heavy atom. The third-order valence-corrected chi connectivity index (χ3v) is 3.06. The number of fused-ring (bicyclic) bond motifs is 1. The van der Waals surface area contributed by atoms with Crippen LogP contribution in [0.1, 0.15) is 17.2 Å². The Labute approximate surface area is 121 Å². The number of para-hydroxylation sites is 1. The number of aryl methyl sites for hydroxylation is 2. The Kier molecular flexibility index (Phi) is 3.35. The van der Waals surface area contributed by atoms with Crippen molar-refractivity contribution < 1.29 is 0 Å². The number of anilines is 1. The number of aromatic nitrogens is 4. The largest absolute Gasteiger partial charge is 0.347 e. The summed E-state index contributed by atoms with van der Waals surface area (Å²) in [7, 11) is 0.